The number of nitrogens with one attached hydrogen (secondary N) is 1. The standard InChI is InChI=1S/C14H29NO4Si/c1-12(2,3)18-11(17)15-10(9-16)14(7,8)19-20-13(4,5)6/h9-10H,20H2,1-8H3,(H,15,17). The van der Waals surface area contributed by atoms with Gasteiger partial charge in [0.15, 0.2) is 9.76 Å². The maximum atomic E-state index is 11.7. The second-order valence-electron chi connectivity index (χ2n) is 7.71. The van der Waals surface area contributed by atoms with Gasteiger partial charge in [-0.05, 0) is 39.7 Å². The Morgan fingerprint density at radius 2 is 1.60 bits per heavy atom. The van der Waals surface area contributed by atoms with Gasteiger partial charge in [-0.1, -0.05) is 20.8 Å². The molecule has 0 aromatic carbocycles. The molecule has 1 atom stereocenters. The van der Waals surface area contributed by atoms with Crippen molar-refractivity contribution in [1.29, 1.82) is 0 Å². The van der Waals surface area contributed by atoms with E-state index in [1.807, 2.05) is 13.8 Å². The van der Waals surface area contributed by atoms with Crippen molar-refractivity contribution in [2.75, 3.05) is 0 Å². The van der Waals surface area contributed by atoms with Gasteiger partial charge in [-0.2, -0.15) is 0 Å². The highest BCUT2D eigenvalue weighted by Gasteiger charge is 2.33. The summed E-state index contributed by atoms with van der Waals surface area (Å²) in [6.45, 7) is 15.2. The molecule has 118 valence electrons. The van der Waals surface area contributed by atoms with Crippen LogP contribution in [0.1, 0.15) is 55.4 Å². The molecule has 0 aromatic rings. The van der Waals surface area contributed by atoms with Gasteiger partial charge in [-0.3, -0.25) is 0 Å². The average molecular weight is 303 g/mol. The van der Waals surface area contributed by atoms with Crippen molar-refractivity contribution < 1.29 is 18.8 Å². The minimum absolute atomic E-state index is 0.122. The lowest BCUT2D eigenvalue weighted by Crippen LogP contribution is -2.53. The zero-order valence-electron chi connectivity index (χ0n) is 14.0. The zero-order valence-corrected chi connectivity index (χ0v) is 15.4. The molecule has 0 radical (unpaired) electrons. The third kappa shape index (κ3) is 8.32. The van der Waals surface area contributed by atoms with Crippen LogP contribution in [0.15, 0.2) is 0 Å². The molecule has 6 heteroatoms. The second kappa shape index (κ2) is 6.71. The Morgan fingerprint density at radius 1 is 1.10 bits per heavy atom. The van der Waals surface area contributed by atoms with E-state index in [4.69, 9.17) is 9.16 Å². The number of carbonyl (C=O) groups is 2. The van der Waals surface area contributed by atoms with Gasteiger partial charge in [0.25, 0.3) is 0 Å². The molecule has 0 heterocycles. The highest BCUT2D eigenvalue weighted by atomic mass is 28.2. The summed E-state index contributed by atoms with van der Waals surface area (Å²) in [6, 6.07) is -0.729. The first-order valence-corrected chi connectivity index (χ1v) is 8.14. The third-order valence-electron chi connectivity index (χ3n) is 2.43. The van der Waals surface area contributed by atoms with Crippen LogP contribution in [0.2, 0.25) is 5.04 Å². The molecular weight excluding hydrogens is 274 g/mol. The lowest BCUT2D eigenvalue weighted by atomic mass is 10.0. The topological polar surface area (TPSA) is 64.6 Å². The van der Waals surface area contributed by atoms with Crippen LogP contribution in [0.3, 0.4) is 0 Å². The molecule has 0 aromatic heterocycles. The van der Waals surface area contributed by atoms with Crippen molar-refractivity contribution >= 4 is 22.1 Å². The predicted molar refractivity (Wildman–Crippen MR) is 82.6 cm³/mol. The van der Waals surface area contributed by atoms with Gasteiger partial charge in [0.2, 0.25) is 0 Å². The zero-order chi connectivity index (χ0) is 16.2. The minimum atomic E-state index is -0.825. The molecule has 5 nitrogen and oxygen atoms in total. The summed E-state index contributed by atoms with van der Waals surface area (Å²) >= 11 is 0. The lowest BCUT2D eigenvalue weighted by molar-refractivity contribution is -0.113. The Labute approximate surface area is 124 Å². The molecule has 1 unspecified atom stereocenters. The van der Waals surface area contributed by atoms with Crippen LogP contribution in [0.25, 0.3) is 0 Å². The van der Waals surface area contributed by atoms with Gasteiger partial charge in [0, 0.05) is 0 Å². The molecule has 0 fully saturated rings. The maximum absolute atomic E-state index is 11.7. The second-order valence-corrected chi connectivity index (χ2v) is 10.4. The summed E-state index contributed by atoms with van der Waals surface area (Å²) in [4.78, 5) is 23.0. The van der Waals surface area contributed by atoms with Crippen molar-refractivity contribution in [2.24, 2.45) is 0 Å². The van der Waals surface area contributed by atoms with Gasteiger partial charge >= 0.3 is 6.09 Å². The van der Waals surface area contributed by atoms with E-state index in [1.54, 1.807) is 20.8 Å². The van der Waals surface area contributed by atoms with Crippen LogP contribution >= 0.6 is 0 Å². The summed E-state index contributed by atoms with van der Waals surface area (Å²) in [5.41, 5.74) is -1.33. The fraction of sp³-hybridized carbons (Fsp3) is 0.857. The van der Waals surface area contributed by atoms with E-state index < -0.39 is 33.1 Å². The number of aldehydes is 1. The molecule has 0 aliphatic rings. The van der Waals surface area contributed by atoms with Gasteiger partial charge in [-0.15, -0.1) is 0 Å². The van der Waals surface area contributed by atoms with Crippen LogP contribution in [-0.4, -0.2) is 39.4 Å². The van der Waals surface area contributed by atoms with Crippen LogP contribution in [0, 0.1) is 0 Å². The van der Waals surface area contributed by atoms with Crippen LogP contribution in [0.5, 0.6) is 0 Å². The molecule has 0 spiro atoms. The Hall–Kier alpha value is -0.883. The summed E-state index contributed by atoms with van der Waals surface area (Å²) in [5, 5.41) is 2.69. The lowest BCUT2D eigenvalue weighted by Gasteiger charge is -2.34. The van der Waals surface area contributed by atoms with Crippen LogP contribution in [0.4, 0.5) is 4.79 Å². The SMILES string of the molecule is CC(C)(C)OC(=O)NC(C=O)C(C)(C)O[SiH2]C(C)(C)C. The summed E-state index contributed by atoms with van der Waals surface area (Å²) in [6.07, 6.45) is 0.0877. The average Bonchev–Trinajstić information content (AvgIpc) is 2.19. The molecule has 20 heavy (non-hydrogen) atoms. The van der Waals surface area contributed by atoms with E-state index >= 15 is 0 Å². The first-order valence-electron chi connectivity index (χ1n) is 6.86. The Kier molecular flexibility index (Phi) is 6.42. The number of ether oxygens (including phenoxy) is 1. The number of alkyl carbamates (subject to hydrolysis) is 1. The monoisotopic (exact) mass is 303 g/mol. The smallest absolute Gasteiger partial charge is 0.408 e. The fourth-order valence-electron chi connectivity index (χ4n) is 1.30. The number of rotatable bonds is 5. The van der Waals surface area contributed by atoms with E-state index in [9.17, 15) is 9.59 Å². The Morgan fingerprint density at radius 3 is 1.95 bits per heavy atom. The van der Waals surface area contributed by atoms with E-state index in [1.165, 1.54) is 0 Å². The Balaban J connectivity index is 4.65. The highest BCUT2D eigenvalue weighted by Crippen LogP contribution is 2.24. The van der Waals surface area contributed by atoms with Crippen molar-refractivity contribution in [2.45, 2.75) is 77.7 Å². The number of hydrogen-bond donors (Lipinski definition) is 1. The van der Waals surface area contributed by atoms with Crippen molar-refractivity contribution in [3.63, 3.8) is 0 Å². The fourth-order valence-corrected chi connectivity index (χ4v) is 2.28. The minimum Gasteiger partial charge on any atom is -0.444 e. The number of hydrogen-bond acceptors (Lipinski definition) is 4. The number of amides is 1. The van der Waals surface area contributed by atoms with Gasteiger partial charge in [0.05, 0.1) is 5.60 Å². The molecule has 0 aliphatic heterocycles. The van der Waals surface area contributed by atoms with Crippen molar-refractivity contribution in [3.8, 4) is 0 Å². The normalized spacial score (nSPS) is 15.2. The van der Waals surface area contributed by atoms with Gasteiger partial charge in [-0.25, -0.2) is 4.79 Å². The molecule has 0 aliphatic carbocycles. The summed E-state index contributed by atoms with van der Waals surface area (Å²) in [5.74, 6) is 0. The highest BCUT2D eigenvalue weighted by molar-refractivity contribution is 6.31. The maximum Gasteiger partial charge on any atom is 0.408 e. The Bertz CT molecular complexity index is 342. The predicted octanol–water partition coefficient (Wildman–Crippen LogP) is 2.18. The molecular formula is C14H29NO4Si. The van der Waals surface area contributed by atoms with Crippen LogP contribution < -0.4 is 5.32 Å². The molecule has 0 saturated carbocycles. The summed E-state index contributed by atoms with van der Waals surface area (Å²) in [7, 11) is -0.825. The van der Waals surface area contributed by atoms with Crippen LogP contribution in [-0.2, 0) is 14.0 Å². The molecule has 1 amide bonds. The molecule has 1 N–H and O–H groups in total. The quantitative estimate of drug-likeness (QED) is 0.624. The largest absolute Gasteiger partial charge is 0.444 e. The first kappa shape index (κ1) is 19.1. The van der Waals surface area contributed by atoms with E-state index in [0.29, 0.717) is 6.29 Å². The van der Waals surface area contributed by atoms with Gasteiger partial charge in [0.1, 0.15) is 17.9 Å². The van der Waals surface area contributed by atoms with Crippen molar-refractivity contribution in [1.82, 2.24) is 5.32 Å². The third-order valence-corrected chi connectivity index (χ3v) is 4.19. The first-order chi connectivity index (χ1) is 8.77. The molecule has 0 rings (SSSR count). The molecule has 0 bridgehead atoms. The van der Waals surface area contributed by atoms with E-state index in [2.05, 4.69) is 26.1 Å². The molecule has 0 saturated heterocycles. The van der Waals surface area contributed by atoms with Gasteiger partial charge < -0.3 is 19.3 Å². The summed E-state index contributed by atoms with van der Waals surface area (Å²) < 4.78 is 11.1. The van der Waals surface area contributed by atoms with E-state index in [-0.39, 0.29) is 5.04 Å². The van der Waals surface area contributed by atoms with E-state index in [0.717, 1.165) is 0 Å². The number of carbonyl (C=O) groups excluding carboxylic acids is 2. The van der Waals surface area contributed by atoms with Crippen molar-refractivity contribution in [3.05, 3.63) is 0 Å².